The van der Waals surface area contributed by atoms with E-state index >= 15 is 0 Å². The Balaban J connectivity index is 1.42. The number of carbonyl (C=O) groups excluding carboxylic acids is 1. The molecule has 26 heavy (non-hydrogen) atoms. The van der Waals surface area contributed by atoms with Crippen LogP contribution in [0.5, 0.6) is 0 Å². The van der Waals surface area contributed by atoms with E-state index < -0.39 is 0 Å². The van der Waals surface area contributed by atoms with Crippen LogP contribution in [0.25, 0.3) is 0 Å². The third-order valence-corrected chi connectivity index (χ3v) is 5.39. The van der Waals surface area contributed by atoms with E-state index in [1.165, 1.54) is 12.3 Å². The van der Waals surface area contributed by atoms with Crippen LogP contribution in [0.3, 0.4) is 0 Å². The van der Waals surface area contributed by atoms with Gasteiger partial charge >= 0.3 is 0 Å². The second-order valence-electron chi connectivity index (χ2n) is 7.53. The van der Waals surface area contributed by atoms with E-state index in [9.17, 15) is 9.59 Å². The minimum atomic E-state index is -0.193. The van der Waals surface area contributed by atoms with E-state index in [0.29, 0.717) is 23.3 Å². The van der Waals surface area contributed by atoms with E-state index in [0.717, 1.165) is 37.7 Å². The van der Waals surface area contributed by atoms with Gasteiger partial charge in [0.2, 0.25) is 5.56 Å². The summed E-state index contributed by atoms with van der Waals surface area (Å²) in [6.45, 7) is 7.59. The average molecular weight is 353 g/mol. The maximum atomic E-state index is 12.6. The Morgan fingerprint density at radius 1 is 1.15 bits per heavy atom. The zero-order chi connectivity index (χ0) is 18.3. The SMILES string of the molecule is CC(C)c1cc(N2CC3CN(C(=O)c4ccc(=O)[nH]c4)CC3C2)ncn1. The number of amides is 1. The maximum Gasteiger partial charge on any atom is 0.255 e. The molecule has 0 saturated carbocycles. The molecule has 2 atom stereocenters. The largest absolute Gasteiger partial charge is 0.356 e. The molecule has 2 aromatic rings. The summed E-state index contributed by atoms with van der Waals surface area (Å²) < 4.78 is 0. The average Bonchev–Trinajstić information content (AvgIpc) is 3.21. The van der Waals surface area contributed by atoms with Crippen LogP contribution in [0.1, 0.15) is 35.8 Å². The number of likely N-dealkylation sites (tertiary alicyclic amines) is 1. The monoisotopic (exact) mass is 353 g/mol. The molecule has 4 rings (SSSR count). The first-order valence-corrected chi connectivity index (χ1v) is 9.06. The van der Waals surface area contributed by atoms with Crippen molar-refractivity contribution in [3.05, 3.63) is 52.3 Å². The van der Waals surface area contributed by atoms with Crippen molar-refractivity contribution in [3.63, 3.8) is 0 Å². The zero-order valence-corrected chi connectivity index (χ0v) is 15.1. The van der Waals surface area contributed by atoms with Gasteiger partial charge in [0.25, 0.3) is 5.91 Å². The minimum absolute atomic E-state index is 0.00803. The van der Waals surface area contributed by atoms with Crippen molar-refractivity contribution in [2.75, 3.05) is 31.1 Å². The number of H-pyrrole nitrogens is 1. The number of aromatic amines is 1. The van der Waals surface area contributed by atoms with E-state index in [4.69, 9.17) is 0 Å². The van der Waals surface area contributed by atoms with Gasteiger partial charge in [-0.1, -0.05) is 13.8 Å². The molecular formula is C19H23N5O2. The summed E-state index contributed by atoms with van der Waals surface area (Å²) in [5, 5.41) is 0. The normalized spacial score (nSPS) is 22.1. The summed E-state index contributed by atoms with van der Waals surface area (Å²) in [6, 6.07) is 5.07. The van der Waals surface area contributed by atoms with Crippen LogP contribution in [-0.2, 0) is 0 Å². The lowest BCUT2D eigenvalue weighted by Gasteiger charge is -2.23. The maximum absolute atomic E-state index is 12.6. The number of anilines is 1. The Labute approximate surface area is 152 Å². The second-order valence-corrected chi connectivity index (χ2v) is 7.53. The molecule has 4 heterocycles. The van der Waals surface area contributed by atoms with Crippen LogP contribution in [0.2, 0.25) is 0 Å². The van der Waals surface area contributed by atoms with Gasteiger partial charge in [0.1, 0.15) is 12.1 Å². The highest BCUT2D eigenvalue weighted by atomic mass is 16.2. The molecule has 1 amide bonds. The topological polar surface area (TPSA) is 82.2 Å². The highest BCUT2D eigenvalue weighted by Crippen LogP contribution is 2.34. The smallest absolute Gasteiger partial charge is 0.255 e. The Kier molecular flexibility index (Phi) is 4.22. The van der Waals surface area contributed by atoms with Crippen LogP contribution in [0, 0.1) is 11.8 Å². The van der Waals surface area contributed by atoms with Gasteiger partial charge in [-0.15, -0.1) is 0 Å². The molecule has 0 bridgehead atoms. The third-order valence-electron chi connectivity index (χ3n) is 5.39. The number of hydrogen-bond donors (Lipinski definition) is 1. The van der Waals surface area contributed by atoms with Crippen molar-refractivity contribution < 1.29 is 4.79 Å². The first-order valence-electron chi connectivity index (χ1n) is 9.06. The zero-order valence-electron chi connectivity index (χ0n) is 15.1. The lowest BCUT2D eigenvalue weighted by Crippen LogP contribution is -2.33. The number of aromatic nitrogens is 3. The lowest BCUT2D eigenvalue weighted by atomic mass is 10.0. The van der Waals surface area contributed by atoms with Gasteiger partial charge in [0.15, 0.2) is 0 Å². The van der Waals surface area contributed by atoms with Gasteiger partial charge in [-0.3, -0.25) is 9.59 Å². The predicted molar refractivity (Wildman–Crippen MR) is 98.3 cm³/mol. The summed E-state index contributed by atoms with van der Waals surface area (Å²) in [4.78, 5) is 39.4. The number of nitrogens with one attached hydrogen (secondary N) is 1. The molecule has 0 radical (unpaired) electrons. The van der Waals surface area contributed by atoms with E-state index in [-0.39, 0.29) is 11.5 Å². The standard InChI is InChI=1S/C19H23N5O2/c1-12(2)16-5-17(22-11-21-16)23-7-14-9-24(10-15(14)8-23)19(26)13-3-4-18(25)20-6-13/h3-6,11-12,14-15H,7-10H2,1-2H3,(H,20,25). The molecule has 0 spiro atoms. The minimum Gasteiger partial charge on any atom is -0.356 e. The summed E-state index contributed by atoms with van der Waals surface area (Å²) in [6.07, 6.45) is 3.14. The molecule has 2 saturated heterocycles. The number of hydrogen-bond acceptors (Lipinski definition) is 5. The van der Waals surface area contributed by atoms with Crippen LogP contribution in [0.15, 0.2) is 35.5 Å². The fourth-order valence-corrected chi connectivity index (χ4v) is 3.92. The predicted octanol–water partition coefficient (Wildman–Crippen LogP) is 1.50. The molecule has 2 fully saturated rings. The van der Waals surface area contributed by atoms with Gasteiger partial charge in [0.05, 0.1) is 5.56 Å². The first kappa shape index (κ1) is 16.8. The van der Waals surface area contributed by atoms with Crippen LogP contribution in [-0.4, -0.2) is 51.9 Å². The van der Waals surface area contributed by atoms with Crippen molar-refractivity contribution in [2.45, 2.75) is 19.8 Å². The summed E-state index contributed by atoms with van der Waals surface area (Å²) in [5.74, 6) is 2.27. The molecule has 1 N–H and O–H groups in total. The third kappa shape index (κ3) is 3.09. The van der Waals surface area contributed by atoms with E-state index in [1.807, 2.05) is 4.90 Å². The molecule has 2 aromatic heterocycles. The molecule has 0 aliphatic carbocycles. The van der Waals surface area contributed by atoms with E-state index in [2.05, 4.69) is 39.8 Å². The van der Waals surface area contributed by atoms with Crippen molar-refractivity contribution >= 4 is 11.7 Å². The fraction of sp³-hybridized carbons (Fsp3) is 0.474. The Hall–Kier alpha value is -2.70. The molecule has 0 aromatic carbocycles. The van der Waals surface area contributed by atoms with Crippen molar-refractivity contribution in [3.8, 4) is 0 Å². The number of carbonyl (C=O) groups is 1. The van der Waals surface area contributed by atoms with Gasteiger partial charge in [-0.05, 0) is 12.0 Å². The lowest BCUT2D eigenvalue weighted by molar-refractivity contribution is 0.0782. The summed E-state index contributed by atoms with van der Waals surface area (Å²) in [7, 11) is 0. The number of nitrogens with zero attached hydrogens (tertiary/aromatic N) is 4. The Morgan fingerprint density at radius 2 is 1.88 bits per heavy atom. The quantitative estimate of drug-likeness (QED) is 0.904. The summed E-state index contributed by atoms with van der Waals surface area (Å²) in [5.41, 5.74) is 1.40. The molecular weight excluding hydrogens is 330 g/mol. The number of pyridine rings is 1. The van der Waals surface area contributed by atoms with Gasteiger partial charge in [0, 0.05) is 62.0 Å². The van der Waals surface area contributed by atoms with Gasteiger partial charge in [-0.25, -0.2) is 9.97 Å². The highest BCUT2D eigenvalue weighted by Gasteiger charge is 2.42. The molecule has 2 aliphatic heterocycles. The van der Waals surface area contributed by atoms with Crippen LogP contribution >= 0.6 is 0 Å². The van der Waals surface area contributed by atoms with Crippen molar-refractivity contribution in [1.29, 1.82) is 0 Å². The number of rotatable bonds is 3. The van der Waals surface area contributed by atoms with E-state index in [1.54, 1.807) is 12.4 Å². The van der Waals surface area contributed by atoms with Crippen LogP contribution < -0.4 is 10.5 Å². The van der Waals surface area contributed by atoms with Crippen molar-refractivity contribution in [1.82, 2.24) is 19.9 Å². The molecule has 7 heteroatoms. The first-order chi connectivity index (χ1) is 12.5. The Bertz CT molecular complexity index is 844. The van der Waals surface area contributed by atoms with Gasteiger partial charge < -0.3 is 14.8 Å². The second kappa shape index (κ2) is 6.55. The number of fused-ring (bicyclic) bond motifs is 1. The fourth-order valence-electron chi connectivity index (χ4n) is 3.92. The molecule has 136 valence electrons. The molecule has 7 nitrogen and oxygen atoms in total. The summed E-state index contributed by atoms with van der Waals surface area (Å²) >= 11 is 0. The van der Waals surface area contributed by atoms with Crippen molar-refractivity contribution in [2.24, 2.45) is 11.8 Å². The highest BCUT2D eigenvalue weighted by molar-refractivity contribution is 5.94. The molecule has 2 unspecified atom stereocenters. The van der Waals surface area contributed by atoms with Gasteiger partial charge in [-0.2, -0.15) is 0 Å². The van der Waals surface area contributed by atoms with Crippen LogP contribution in [0.4, 0.5) is 5.82 Å². The molecule has 2 aliphatic rings. The Morgan fingerprint density at radius 3 is 2.50 bits per heavy atom.